The van der Waals surface area contributed by atoms with Gasteiger partial charge in [0.1, 0.15) is 12.6 Å². The summed E-state index contributed by atoms with van der Waals surface area (Å²) in [4.78, 5) is 29.6. The Bertz CT molecular complexity index is 1480. The lowest BCUT2D eigenvalue weighted by Gasteiger charge is -2.35. The second kappa shape index (κ2) is 14.6. The number of halogens is 3. The summed E-state index contributed by atoms with van der Waals surface area (Å²) >= 11 is 18.6. The molecule has 42 heavy (non-hydrogen) atoms. The van der Waals surface area contributed by atoms with Crippen molar-refractivity contribution in [1.82, 2.24) is 10.2 Å². The molecule has 3 aromatic rings. The van der Waals surface area contributed by atoms with Gasteiger partial charge < -0.3 is 10.2 Å². The third-order valence-corrected chi connectivity index (χ3v) is 9.28. The normalized spacial score (nSPS) is 14.7. The zero-order chi connectivity index (χ0) is 30.3. The van der Waals surface area contributed by atoms with Crippen LogP contribution in [0.4, 0.5) is 5.69 Å². The van der Waals surface area contributed by atoms with Gasteiger partial charge in [-0.25, -0.2) is 8.42 Å². The molecular formula is C31H34Cl3N3O4S. The van der Waals surface area contributed by atoms with Gasteiger partial charge in [-0.1, -0.05) is 96.5 Å². The monoisotopic (exact) mass is 649 g/mol. The lowest BCUT2D eigenvalue weighted by Crippen LogP contribution is -2.55. The van der Waals surface area contributed by atoms with E-state index in [2.05, 4.69) is 5.32 Å². The second-order valence-corrected chi connectivity index (χ2v) is 13.7. The van der Waals surface area contributed by atoms with Crippen LogP contribution in [0.25, 0.3) is 0 Å². The molecule has 2 amide bonds. The fourth-order valence-corrected chi connectivity index (χ4v) is 6.57. The van der Waals surface area contributed by atoms with Crippen molar-refractivity contribution in [1.29, 1.82) is 0 Å². The Hall–Kier alpha value is -2.78. The van der Waals surface area contributed by atoms with Crippen LogP contribution < -0.4 is 9.62 Å². The summed E-state index contributed by atoms with van der Waals surface area (Å²) in [6.45, 7) is -0.513. The van der Waals surface area contributed by atoms with Crippen molar-refractivity contribution in [2.45, 2.75) is 57.2 Å². The van der Waals surface area contributed by atoms with Gasteiger partial charge in [0.05, 0.1) is 17.0 Å². The average molecular weight is 651 g/mol. The highest BCUT2D eigenvalue weighted by molar-refractivity contribution is 7.92. The van der Waals surface area contributed by atoms with Crippen LogP contribution in [0.3, 0.4) is 0 Å². The largest absolute Gasteiger partial charge is 0.352 e. The Labute approximate surface area is 262 Å². The summed E-state index contributed by atoms with van der Waals surface area (Å²) in [6, 6.07) is 20.0. The van der Waals surface area contributed by atoms with E-state index in [1.807, 2.05) is 30.3 Å². The number of sulfonamides is 1. The first-order valence-corrected chi connectivity index (χ1v) is 16.8. The van der Waals surface area contributed by atoms with Gasteiger partial charge >= 0.3 is 0 Å². The summed E-state index contributed by atoms with van der Waals surface area (Å²) in [5, 5.41) is 4.10. The van der Waals surface area contributed by atoms with Crippen LogP contribution in [0.5, 0.6) is 0 Å². The number of benzene rings is 3. The molecule has 1 N–H and O–H groups in total. The molecule has 1 saturated carbocycles. The molecular weight excluding hydrogens is 617 g/mol. The van der Waals surface area contributed by atoms with E-state index in [4.69, 9.17) is 34.8 Å². The lowest BCUT2D eigenvalue weighted by molar-refractivity contribution is -0.140. The van der Waals surface area contributed by atoms with Gasteiger partial charge in [0, 0.05) is 29.1 Å². The molecule has 7 nitrogen and oxygen atoms in total. The first-order chi connectivity index (χ1) is 20.0. The topological polar surface area (TPSA) is 86.8 Å². The molecule has 3 aromatic carbocycles. The molecule has 4 rings (SSSR count). The van der Waals surface area contributed by atoms with Crippen molar-refractivity contribution in [2.24, 2.45) is 0 Å². The zero-order valence-electron chi connectivity index (χ0n) is 23.3. The van der Waals surface area contributed by atoms with E-state index in [0.29, 0.717) is 5.02 Å². The van der Waals surface area contributed by atoms with Crippen LogP contribution in [0, 0.1) is 0 Å². The SMILES string of the molecule is CS(=O)(=O)N(CC(=O)N(Cc1ccc(Cl)cc1)C(Cc1ccccc1)C(=O)NC1CCCCC1)c1cc(Cl)ccc1Cl. The van der Waals surface area contributed by atoms with E-state index < -0.39 is 28.5 Å². The van der Waals surface area contributed by atoms with Gasteiger partial charge in [-0.05, 0) is 54.3 Å². The number of nitrogens with one attached hydrogen (secondary N) is 1. The molecule has 0 spiro atoms. The quantitative estimate of drug-likeness (QED) is 0.257. The molecule has 1 unspecified atom stereocenters. The van der Waals surface area contributed by atoms with E-state index in [0.717, 1.165) is 53.8 Å². The number of rotatable bonds is 11. The summed E-state index contributed by atoms with van der Waals surface area (Å²) in [6.07, 6.45) is 6.20. The van der Waals surface area contributed by atoms with Crippen LogP contribution in [0.2, 0.25) is 15.1 Å². The molecule has 0 aliphatic heterocycles. The van der Waals surface area contributed by atoms with E-state index in [1.165, 1.54) is 23.1 Å². The molecule has 1 aliphatic rings. The lowest BCUT2D eigenvalue weighted by atomic mass is 9.94. The molecule has 1 aliphatic carbocycles. The number of anilines is 1. The maximum atomic E-state index is 14.2. The fourth-order valence-electron chi connectivity index (χ4n) is 5.16. The van der Waals surface area contributed by atoms with Gasteiger partial charge in [-0.3, -0.25) is 13.9 Å². The first kappa shape index (κ1) is 32.1. The molecule has 0 bridgehead atoms. The highest BCUT2D eigenvalue weighted by Crippen LogP contribution is 2.31. The number of hydrogen-bond acceptors (Lipinski definition) is 4. The molecule has 224 valence electrons. The van der Waals surface area contributed by atoms with Crippen LogP contribution in [-0.4, -0.2) is 50.0 Å². The Balaban J connectivity index is 1.73. The Morgan fingerprint density at radius 3 is 2.17 bits per heavy atom. The maximum absolute atomic E-state index is 14.2. The van der Waals surface area contributed by atoms with Gasteiger partial charge in [0.2, 0.25) is 21.8 Å². The average Bonchev–Trinajstić information content (AvgIpc) is 2.96. The maximum Gasteiger partial charge on any atom is 0.244 e. The van der Waals surface area contributed by atoms with Crippen molar-refractivity contribution in [2.75, 3.05) is 17.1 Å². The molecule has 1 fully saturated rings. The molecule has 11 heteroatoms. The van der Waals surface area contributed by atoms with Crippen molar-refractivity contribution >= 4 is 62.3 Å². The number of hydrogen-bond donors (Lipinski definition) is 1. The van der Waals surface area contributed by atoms with Crippen molar-refractivity contribution in [3.05, 3.63) is 99.0 Å². The van der Waals surface area contributed by atoms with Gasteiger partial charge in [0.15, 0.2) is 0 Å². The van der Waals surface area contributed by atoms with Crippen LogP contribution in [0.1, 0.15) is 43.2 Å². The minimum Gasteiger partial charge on any atom is -0.352 e. The number of nitrogens with zero attached hydrogens (tertiary/aromatic N) is 2. The Morgan fingerprint density at radius 2 is 1.52 bits per heavy atom. The predicted octanol–water partition coefficient (Wildman–Crippen LogP) is 6.50. The van der Waals surface area contributed by atoms with Gasteiger partial charge in [0.25, 0.3) is 0 Å². The predicted molar refractivity (Wildman–Crippen MR) is 170 cm³/mol. The summed E-state index contributed by atoms with van der Waals surface area (Å²) in [5.74, 6) is -0.842. The highest BCUT2D eigenvalue weighted by Gasteiger charge is 2.34. The minimum atomic E-state index is -3.97. The molecule has 0 saturated heterocycles. The Morgan fingerprint density at radius 1 is 0.881 bits per heavy atom. The number of amides is 2. The molecule has 0 heterocycles. The third-order valence-electron chi connectivity index (χ3n) is 7.34. The summed E-state index contributed by atoms with van der Waals surface area (Å²) in [7, 11) is -3.97. The smallest absolute Gasteiger partial charge is 0.244 e. The Kier molecular flexibility index (Phi) is 11.2. The van der Waals surface area contributed by atoms with Crippen LogP contribution in [-0.2, 0) is 32.6 Å². The van der Waals surface area contributed by atoms with Crippen LogP contribution in [0.15, 0.2) is 72.8 Å². The molecule has 1 atom stereocenters. The molecule has 0 aromatic heterocycles. The zero-order valence-corrected chi connectivity index (χ0v) is 26.4. The standard InChI is InChI=1S/C31H34Cl3N3O4S/c1-42(40,41)37(28-19-25(33)16-17-27(28)34)21-30(38)36(20-23-12-14-24(32)15-13-23)29(18-22-8-4-2-5-9-22)31(39)35-26-10-6-3-7-11-26/h2,4-5,8-9,12-17,19,26,29H,3,6-7,10-11,18,20-21H2,1H3,(H,35,39). The van der Waals surface area contributed by atoms with Crippen molar-refractivity contribution < 1.29 is 18.0 Å². The fraction of sp³-hybridized carbons (Fsp3) is 0.355. The van der Waals surface area contributed by atoms with E-state index in [-0.39, 0.29) is 40.6 Å². The van der Waals surface area contributed by atoms with E-state index in [9.17, 15) is 18.0 Å². The molecule has 0 radical (unpaired) electrons. The first-order valence-electron chi connectivity index (χ1n) is 13.8. The van der Waals surface area contributed by atoms with Gasteiger partial charge in [-0.15, -0.1) is 0 Å². The highest BCUT2D eigenvalue weighted by atomic mass is 35.5. The number of carbonyl (C=O) groups excluding carboxylic acids is 2. The second-order valence-electron chi connectivity index (χ2n) is 10.6. The minimum absolute atomic E-state index is 0.0230. The van der Waals surface area contributed by atoms with E-state index >= 15 is 0 Å². The van der Waals surface area contributed by atoms with Crippen LogP contribution >= 0.6 is 34.8 Å². The van der Waals surface area contributed by atoms with Crippen molar-refractivity contribution in [3.8, 4) is 0 Å². The van der Waals surface area contributed by atoms with Crippen molar-refractivity contribution in [3.63, 3.8) is 0 Å². The third kappa shape index (κ3) is 8.86. The summed E-state index contributed by atoms with van der Waals surface area (Å²) in [5.41, 5.74) is 1.69. The van der Waals surface area contributed by atoms with Gasteiger partial charge in [-0.2, -0.15) is 0 Å². The summed E-state index contributed by atoms with van der Waals surface area (Å²) < 4.78 is 26.9. The van der Waals surface area contributed by atoms with E-state index in [1.54, 1.807) is 24.3 Å². The number of carbonyl (C=O) groups is 2.